The Morgan fingerprint density at radius 3 is 2.40 bits per heavy atom. The SMILES string of the molecule is CC1(Oc2ccc3[nH]nc(-c4cc(N5CCO[C@@H](CCOCCOCCOCCOc6ccc7c(c6)C(=O)N(C6CCC(=O)NC6=O)C7=O)C5)ncn4)c3c2)CC1. The van der Waals surface area contributed by atoms with Crippen molar-refractivity contribution in [2.45, 2.75) is 56.8 Å². The van der Waals surface area contributed by atoms with Crippen molar-refractivity contribution in [1.82, 2.24) is 30.4 Å². The number of carbonyl (C=O) groups is 4. The minimum absolute atomic E-state index is 0.00396. The van der Waals surface area contributed by atoms with Gasteiger partial charge in [0.15, 0.2) is 0 Å². The molecule has 4 aliphatic rings. The van der Waals surface area contributed by atoms with E-state index in [1.807, 2.05) is 24.3 Å². The molecular formula is C40H45N7O10. The van der Waals surface area contributed by atoms with E-state index in [2.05, 4.69) is 37.3 Å². The molecular weight excluding hydrogens is 738 g/mol. The van der Waals surface area contributed by atoms with Crippen LogP contribution in [0.25, 0.3) is 22.3 Å². The van der Waals surface area contributed by atoms with Crippen LogP contribution in [0.15, 0.2) is 48.8 Å². The Morgan fingerprint density at radius 2 is 1.61 bits per heavy atom. The number of aromatic nitrogens is 4. The van der Waals surface area contributed by atoms with Crippen molar-refractivity contribution >= 4 is 40.3 Å². The number of piperidine rings is 1. The van der Waals surface area contributed by atoms with E-state index in [0.29, 0.717) is 51.9 Å². The van der Waals surface area contributed by atoms with Crippen molar-refractivity contribution in [1.29, 1.82) is 0 Å². The van der Waals surface area contributed by atoms with Crippen LogP contribution in [0.2, 0.25) is 0 Å². The zero-order valence-electron chi connectivity index (χ0n) is 31.7. The molecule has 0 bridgehead atoms. The van der Waals surface area contributed by atoms with E-state index in [1.165, 1.54) is 12.1 Å². The summed E-state index contributed by atoms with van der Waals surface area (Å²) in [5.41, 5.74) is 2.70. The van der Waals surface area contributed by atoms with Gasteiger partial charge in [-0.1, -0.05) is 0 Å². The Kier molecular flexibility index (Phi) is 11.4. The van der Waals surface area contributed by atoms with Crippen LogP contribution >= 0.6 is 0 Å². The summed E-state index contributed by atoms with van der Waals surface area (Å²) in [6.45, 7) is 6.78. The van der Waals surface area contributed by atoms with Gasteiger partial charge < -0.3 is 33.3 Å². The summed E-state index contributed by atoms with van der Waals surface area (Å²) in [6.07, 6.45) is 4.59. The van der Waals surface area contributed by atoms with E-state index < -0.39 is 29.7 Å². The molecule has 4 amide bonds. The van der Waals surface area contributed by atoms with Gasteiger partial charge in [0, 0.05) is 37.6 Å². The summed E-state index contributed by atoms with van der Waals surface area (Å²) >= 11 is 0. The molecule has 2 N–H and O–H groups in total. The standard InChI is InChI=1S/C40H45N7O10/c1-40(9-10-40)57-26-3-5-31-30(21-26)36(45-44-31)32-22-34(42-24-41-32)46-11-13-55-27(23-46)8-12-52-14-15-53-16-17-54-18-19-56-25-2-4-28-29(20-25)39(51)47(38(28)50)33-6-7-35(48)43-37(33)49/h2-5,20-22,24,27,33H,6-19,23H2,1H3,(H,44,45)(H,43,48,49)/t27-,33?/m0/s1. The molecule has 4 aromatic rings. The monoisotopic (exact) mass is 783 g/mol. The van der Waals surface area contributed by atoms with Crippen molar-refractivity contribution in [3.63, 3.8) is 0 Å². The van der Waals surface area contributed by atoms with Gasteiger partial charge in [0.1, 0.15) is 47.6 Å². The van der Waals surface area contributed by atoms with Gasteiger partial charge in [0.05, 0.1) is 68.1 Å². The fourth-order valence-electron chi connectivity index (χ4n) is 7.08. The van der Waals surface area contributed by atoms with Gasteiger partial charge in [-0.25, -0.2) is 9.97 Å². The summed E-state index contributed by atoms with van der Waals surface area (Å²) in [5.74, 6) is -0.169. The highest BCUT2D eigenvalue weighted by atomic mass is 16.6. The van der Waals surface area contributed by atoms with Crippen LogP contribution in [0.5, 0.6) is 11.5 Å². The van der Waals surface area contributed by atoms with Crippen LogP contribution in [-0.2, 0) is 28.5 Å². The Balaban J connectivity index is 0.694. The van der Waals surface area contributed by atoms with E-state index in [1.54, 1.807) is 12.4 Å². The minimum atomic E-state index is -1.02. The number of anilines is 1. The molecule has 0 radical (unpaired) electrons. The number of aromatic amines is 1. The Hall–Kier alpha value is -5.49. The van der Waals surface area contributed by atoms with Gasteiger partial charge in [0.2, 0.25) is 11.8 Å². The maximum absolute atomic E-state index is 13.0. The normalized spacial score (nSPS) is 20.2. The molecule has 8 rings (SSSR count). The number of morpholine rings is 1. The molecule has 0 spiro atoms. The molecule has 17 nitrogen and oxygen atoms in total. The highest BCUT2D eigenvalue weighted by Crippen LogP contribution is 2.40. The Labute approximate surface area is 328 Å². The number of fused-ring (bicyclic) bond motifs is 2. The number of ether oxygens (including phenoxy) is 6. The number of rotatable bonds is 18. The first-order valence-corrected chi connectivity index (χ1v) is 19.3. The highest BCUT2D eigenvalue weighted by Gasteiger charge is 2.45. The third-order valence-electron chi connectivity index (χ3n) is 10.4. The maximum Gasteiger partial charge on any atom is 0.262 e. The van der Waals surface area contributed by atoms with Crippen molar-refractivity contribution in [3.05, 3.63) is 59.9 Å². The van der Waals surface area contributed by atoms with Crippen molar-refractivity contribution < 1.29 is 47.6 Å². The lowest BCUT2D eigenvalue weighted by Gasteiger charge is -2.33. The van der Waals surface area contributed by atoms with Crippen LogP contribution in [-0.4, -0.2) is 132 Å². The number of hydrogen-bond acceptors (Lipinski definition) is 14. The van der Waals surface area contributed by atoms with Crippen molar-refractivity contribution in [2.75, 3.05) is 70.8 Å². The second kappa shape index (κ2) is 16.9. The van der Waals surface area contributed by atoms with Crippen LogP contribution < -0.4 is 19.7 Å². The maximum atomic E-state index is 13.0. The molecule has 17 heteroatoms. The quantitative estimate of drug-likeness (QED) is 0.110. The number of nitrogens with one attached hydrogen (secondary N) is 2. The Bertz CT molecular complexity index is 2140. The second-order valence-electron chi connectivity index (χ2n) is 14.7. The molecule has 1 saturated carbocycles. The molecule has 300 valence electrons. The smallest absolute Gasteiger partial charge is 0.262 e. The molecule has 1 unspecified atom stereocenters. The number of nitrogens with zero attached hydrogens (tertiary/aromatic N) is 5. The second-order valence-corrected chi connectivity index (χ2v) is 14.7. The zero-order valence-corrected chi connectivity index (χ0v) is 31.7. The van der Waals surface area contributed by atoms with Crippen molar-refractivity contribution in [3.8, 4) is 22.9 Å². The van der Waals surface area contributed by atoms with Crippen LogP contribution in [0, 0.1) is 0 Å². The molecule has 2 atom stereocenters. The van der Waals surface area contributed by atoms with Crippen LogP contribution in [0.3, 0.4) is 0 Å². The minimum Gasteiger partial charge on any atom is -0.491 e. The third-order valence-corrected chi connectivity index (χ3v) is 10.4. The summed E-state index contributed by atoms with van der Waals surface area (Å²) in [4.78, 5) is 61.9. The summed E-state index contributed by atoms with van der Waals surface area (Å²) < 4.78 is 35.0. The van der Waals surface area contributed by atoms with Gasteiger partial charge in [-0.15, -0.1) is 0 Å². The summed E-state index contributed by atoms with van der Waals surface area (Å²) in [7, 11) is 0. The first-order chi connectivity index (χ1) is 27.7. The van der Waals surface area contributed by atoms with Crippen LogP contribution in [0.4, 0.5) is 5.82 Å². The van der Waals surface area contributed by atoms with E-state index >= 15 is 0 Å². The molecule has 2 saturated heterocycles. The third kappa shape index (κ3) is 8.91. The molecule has 2 aromatic heterocycles. The molecule has 5 heterocycles. The van der Waals surface area contributed by atoms with Gasteiger partial charge >= 0.3 is 0 Å². The lowest BCUT2D eigenvalue weighted by atomic mass is 10.0. The summed E-state index contributed by atoms with van der Waals surface area (Å²) in [5, 5.41) is 10.8. The highest BCUT2D eigenvalue weighted by molar-refractivity contribution is 6.23. The largest absolute Gasteiger partial charge is 0.491 e. The summed E-state index contributed by atoms with van der Waals surface area (Å²) in [6, 6.07) is 11.5. The fourth-order valence-corrected chi connectivity index (χ4v) is 7.08. The molecule has 3 fully saturated rings. The number of benzene rings is 2. The van der Waals surface area contributed by atoms with E-state index in [0.717, 1.165) is 64.6 Å². The van der Waals surface area contributed by atoms with Crippen molar-refractivity contribution in [2.24, 2.45) is 0 Å². The van der Waals surface area contributed by atoms with Gasteiger partial charge in [-0.2, -0.15) is 5.10 Å². The van der Waals surface area contributed by atoms with E-state index in [9.17, 15) is 19.2 Å². The Morgan fingerprint density at radius 1 is 0.860 bits per heavy atom. The van der Waals surface area contributed by atoms with Gasteiger partial charge in [-0.05, 0) is 69.0 Å². The van der Waals surface area contributed by atoms with E-state index in [4.69, 9.17) is 28.4 Å². The predicted octanol–water partition coefficient (Wildman–Crippen LogP) is 3.08. The first-order valence-electron chi connectivity index (χ1n) is 19.3. The number of amides is 4. The number of imide groups is 2. The molecule has 2 aromatic carbocycles. The lowest BCUT2D eigenvalue weighted by Crippen LogP contribution is -2.54. The number of H-pyrrole nitrogens is 1. The molecule has 1 aliphatic carbocycles. The number of carbonyl (C=O) groups excluding carboxylic acids is 4. The topological polar surface area (TPSA) is 197 Å². The first kappa shape index (κ1) is 38.4. The predicted molar refractivity (Wildman–Crippen MR) is 203 cm³/mol. The van der Waals surface area contributed by atoms with Gasteiger partial charge in [0.25, 0.3) is 11.8 Å². The fraction of sp³-hybridized carbons (Fsp3) is 0.475. The number of hydrogen-bond donors (Lipinski definition) is 2. The average Bonchev–Trinajstić information content (AvgIpc) is 3.70. The zero-order chi connectivity index (χ0) is 39.4. The van der Waals surface area contributed by atoms with E-state index in [-0.39, 0.29) is 48.9 Å². The molecule has 3 aliphatic heterocycles. The molecule has 57 heavy (non-hydrogen) atoms. The average molecular weight is 784 g/mol. The van der Waals surface area contributed by atoms with Crippen LogP contribution in [0.1, 0.15) is 59.7 Å². The van der Waals surface area contributed by atoms with Gasteiger partial charge in [-0.3, -0.25) is 34.5 Å². The lowest BCUT2D eigenvalue weighted by molar-refractivity contribution is -0.136.